The first-order chi connectivity index (χ1) is 15.0. The van der Waals surface area contributed by atoms with E-state index in [1.165, 1.54) is 0 Å². The molecule has 2 heterocycles. The van der Waals surface area contributed by atoms with Gasteiger partial charge < -0.3 is 19.5 Å². The molecule has 0 saturated heterocycles. The van der Waals surface area contributed by atoms with Crippen LogP contribution in [0.25, 0.3) is 5.69 Å². The van der Waals surface area contributed by atoms with Crippen molar-refractivity contribution in [2.24, 2.45) is 0 Å². The van der Waals surface area contributed by atoms with E-state index >= 15 is 0 Å². The molecule has 162 valence electrons. The zero-order valence-corrected chi connectivity index (χ0v) is 18.3. The summed E-state index contributed by atoms with van der Waals surface area (Å²) in [7, 11) is 3.72. The topological polar surface area (TPSA) is 91.7 Å². The van der Waals surface area contributed by atoms with Gasteiger partial charge in [0.05, 0.1) is 50.6 Å². The second-order valence-corrected chi connectivity index (χ2v) is 8.48. The molecule has 1 amide bonds. The van der Waals surface area contributed by atoms with E-state index in [2.05, 4.69) is 10.4 Å². The number of hydrogen-bond acceptors (Lipinski definition) is 6. The van der Waals surface area contributed by atoms with E-state index in [1.54, 1.807) is 38.1 Å². The molecule has 3 aromatic rings. The Kier molecular flexibility index (Phi) is 5.94. The van der Waals surface area contributed by atoms with Crippen LogP contribution in [0.2, 0.25) is 0 Å². The number of fused-ring (bicyclic) bond motifs is 1. The molecule has 31 heavy (non-hydrogen) atoms. The van der Waals surface area contributed by atoms with Gasteiger partial charge in [0.15, 0.2) is 11.5 Å². The molecule has 1 aliphatic rings. The van der Waals surface area contributed by atoms with Crippen molar-refractivity contribution in [1.82, 2.24) is 9.78 Å². The summed E-state index contributed by atoms with van der Waals surface area (Å²) in [6.07, 6.45) is 0.145. The predicted octanol–water partition coefficient (Wildman–Crippen LogP) is 2.84. The number of nitrogens with zero attached hydrogens (tertiary/aromatic N) is 2. The quantitative estimate of drug-likeness (QED) is 0.606. The molecule has 0 radical (unpaired) electrons. The lowest BCUT2D eigenvalue weighted by Crippen LogP contribution is -2.18. The van der Waals surface area contributed by atoms with Gasteiger partial charge in [0.25, 0.3) is 0 Å². The van der Waals surface area contributed by atoms with Crippen molar-refractivity contribution in [3.05, 3.63) is 59.3 Å². The minimum Gasteiger partial charge on any atom is -0.497 e. The summed E-state index contributed by atoms with van der Waals surface area (Å²) < 4.78 is 29.5. The molecule has 0 bridgehead atoms. The van der Waals surface area contributed by atoms with Gasteiger partial charge in [0.1, 0.15) is 11.6 Å². The zero-order chi connectivity index (χ0) is 22.0. The van der Waals surface area contributed by atoms with Crippen molar-refractivity contribution < 1.29 is 23.2 Å². The lowest BCUT2D eigenvalue weighted by Gasteiger charge is -2.12. The second kappa shape index (κ2) is 8.81. The van der Waals surface area contributed by atoms with Crippen LogP contribution in [0.5, 0.6) is 17.2 Å². The molecule has 8 nitrogen and oxygen atoms in total. The molecular weight excluding hydrogens is 418 g/mol. The smallest absolute Gasteiger partial charge is 0.229 e. The summed E-state index contributed by atoms with van der Waals surface area (Å²) in [4.78, 5) is 12.9. The van der Waals surface area contributed by atoms with E-state index in [9.17, 15) is 9.00 Å². The largest absolute Gasteiger partial charge is 0.497 e. The molecule has 0 spiro atoms. The molecule has 4 rings (SSSR count). The van der Waals surface area contributed by atoms with Crippen molar-refractivity contribution >= 4 is 22.5 Å². The molecular formula is C22H23N3O5S. The Labute approximate surface area is 182 Å². The molecule has 0 fully saturated rings. The lowest BCUT2D eigenvalue weighted by atomic mass is 10.1. The maximum absolute atomic E-state index is 12.9. The third-order valence-corrected chi connectivity index (χ3v) is 6.26. The van der Waals surface area contributed by atoms with Gasteiger partial charge in [0.2, 0.25) is 5.91 Å². The fraction of sp³-hybridized carbons (Fsp3) is 0.273. The summed E-state index contributed by atoms with van der Waals surface area (Å²) in [5.74, 6) is 2.99. The number of hydrogen-bond donors (Lipinski definition) is 1. The number of ether oxygens (including phenoxy) is 3. The Bertz CT molecular complexity index is 1140. The standard InChI is InChI=1S/C22H23N3O5S/c1-28-16-7-5-15(6-8-16)25-22(17-12-31(27)13-18(17)24-25)23-21(26)11-14-4-9-19(29-2)20(10-14)30-3/h4-10H,11-13H2,1-3H3,(H,23,26). The number of rotatable bonds is 7. The van der Waals surface area contributed by atoms with E-state index in [0.29, 0.717) is 28.8 Å². The van der Waals surface area contributed by atoms with Gasteiger partial charge in [-0.05, 0) is 42.0 Å². The van der Waals surface area contributed by atoms with Crippen LogP contribution >= 0.6 is 0 Å². The van der Waals surface area contributed by atoms with E-state index in [1.807, 2.05) is 30.3 Å². The van der Waals surface area contributed by atoms with Crippen LogP contribution in [-0.4, -0.2) is 41.2 Å². The van der Waals surface area contributed by atoms with Gasteiger partial charge in [-0.1, -0.05) is 6.07 Å². The average molecular weight is 442 g/mol. The number of carbonyl (C=O) groups is 1. The van der Waals surface area contributed by atoms with Gasteiger partial charge in [-0.15, -0.1) is 0 Å². The molecule has 1 N–H and O–H groups in total. The van der Waals surface area contributed by atoms with Crippen LogP contribution in [0, 0.1) is 0 Å². The summed E-state index contributed by atoms with van der Waals surface area (Å²) >= 11 is 0. The molecule has 1 atom stereocenters. The Morgan fingerprint density at radius 2 is 1.77 bits per heavy atom. The number of carbonyl (C=O) groups excluding carboxylic acids is 1. The molecule has 1 aliphatic heterocycles. The van der Waals surface area contributed by atoms with Crippen molar-refractivity contribution in [1.29, 1.82) is 0 Å². The van der Waals surface area contributed by atoms with Gasteiger partial charge in [0, 0.05) is 16.4 Å². The lowest BCUT2D eigenvalue weighted by molar-refractivity contribution is -0.115. The predicted molar refractivity (Wildman–Crippen MR) is 118 cm³/mol. The van der Waals surface area contributed by atoms with Crippen molar-refractivity contribution in [3.8, 4) is 22.9 Å². The van der Waals surface area contributed by atoms with Crippen LogP contribution in [0.1, 0.15) is 16.8 Å². The Morgan fingerprint density at radius 1 is 1.03 bits per heavy atom. The normalized spacial score (nSPS) is 14.7. The summed E-state index contributed by atoms with van der Waals surface area (Å²) in [6, 6.07) is 12.7. The van der Waals surface area contributed by atoms with Crippen LogP contribution in [-0.2, 0) is 33.5 Å². The molecule has 0 saturated carbocycles. The summed E-state index contributed by atoms with van der Waals surface area (Å²) in [5, 5.41) is 7.59. The zero-order valence-electron chi connectivity index (χ0n) is 17.5. The van der Waals surface area contributed by atoms with Crippen LogP contribution in [0.15, 0.2) is 42.5 Å². The maximum Gasteiger partial charge on any atom is 0.229 e. The summed E-state index contributed by atoms with van der Waals surface area (Å²) in [5.41, 5.74) is 3.12. The third kappa shape index (κ3) is 4.27. The Hall–Kier alpha value is -3.33. The highest BCUT2D eigenvalue weighted by Gasteiger charge is 2.28. The van der Waals surface area contributed by atoms with Gasteiger partial charge in [-0.25, -0.2) is 4.68 Å². The Balaban J connectivity index is 1.61. The van der Waals surface area contributed by atoms with Crippen molar-refractivity contribution in [2.45, 2.75) is 17.9 Å². The van der Waals surface area contributed by atoms with E-state index in [0.717, 1.165) is 28.3 Å². The monoisotopic (exact) mass is 441 g/mol. The van der Waals surface area contributed by atoms with Crippen LogP contribution < -0.4 is 19.5 Å². The van der Waals surface area contributed by atoms with Crippen LogP contribution in [0.3, 0.4) is 0 Å². The highest BCUT2D eigenvalue weighted by molar-refractivity contribution is 7.83. The minimum atomic E-state index is -1.01. The average Bonchev–Trinajstić information content (AvgIpc) is 3.30. The number of amides is 1. The number of aromatic nitrogens is 2. The SMILES string of the molecule is COc1ccc(-n2nc3c(c2NC(=O)Cc2ccc(OC)c(OC)c2)CS(=O)C3)cc1. The number of nitrogens with one attached hydrogen (secondary N) is 1. The molecule has 2 aromatic carbocycles. The highest BCUT2D eigenvalue weighted by Crippen LogP contribution is 2.32. The molecule has 9 heteroatoms. The van der Waals surface area contributed by atoms with E-state index < -0.39 is 10.8 Å². The summed E-state index contributed by atoms with van der Waals surface area (Å²) in [6.45, 7) is 0. The maximum atomic E-state index is 12.9. The first-order valence-corrected chi connectivity index (χ1v) is 11.1. The Morgan fingerprint density at radius 3 is 2.45 bits per heavy atom. The van der Waals surface area contributed by atoms with Crippen molar-refractivity contribution in [3.63, 3.8) is 0 Å². The van der Waals surface area contributed by atoms with E-state index in [-0.39, 0.29) is 12.3 Å². The highest BCUT2D eigenvalue weighted by atomic mass is 32.2. The molecule has 0 aliphatic carbocycles. The van der Waals surface area contributed by atoms with Gasteiger partial charge in [-0.2, -0.15) is 5.10 Å². The first kappa shape index (κ1) is 20.9. The number of benzene rings is 2. The fourth-order valence-corrected chi connectivity index (χ4v) is 4.78. The second-order valence-electron chi connectivity index (χ2n) is 7.03. The van der Waals surface area contributed by atoms with E-state index in [4.69, 9.17) is 14.2 Å². The minimum absolute atomic E-state index is 0.145. The molecule has 1 aromatic heterocycles. The first-order valence-electron chi connectivity index (χ1n) is 9.63. The number of anilines is 1. The van der Waals surface area contributed by atoms with Crippen LogP contribution in [0.4, 0.5) is 5.82 Å². The third-order valence-electron chi connectivity index (χ3n) is 5.06. The molecule has 1 unspecified atom stereocenters. The number of methoxy groups -OCH3 is 3. The fourth-order valence-electron chi connectivity index (χ4n) is 3.52. The van der Waals surface area contributed by atoms with Gasteiger partial charge >= 0.3 is 0 Å². The van der Waals surface area contributed by atoms with Crippen molar-refractivity contribution in [2.75, 3.05) is 26.6 Å². The van der Waals surface area contributed by atoms with Gasteiger partial charge in [-0.3, -0.25) is 9.00 Å².